The molecule has 4 heteroatoms. The first kappa shape index (κ1) is 13.6. The predicted octanol–water partition coefficient (Wildman–Crippen LogP) is 2.18. The Morgan fingerprint density at radius 2 is 1.67 bits per heavy atom. The average molecular weight is 268 g/mol. The highest BCUT2D eigenvalue weighted by molar-refractivity contribution is 7.90. The van der Waals surface area contributed by atoms with Crippen LogP contribution in [0.2, 0.25) is 0 Å². The molecule has 1 aromatic rings. The maximum absolute atomic E-state index is 11.3. The summed E-state index contributed by atoms with van der Waals surface area (Å²) >= 11 is 0. The molecule has 0 unspecified atom stereocenters. The zero-order chi connectivity index (χ0) is 13.2. The van der Waals surface area contributed by atoms with Crippen LogP contribution >= 0.6 is 0 Å². The highest BCUT2D eigenvalue weighted by Gasteiger charge is 2.19. The van der Waals surface area contributed by atoms with Gasteiger partial charge < -0.3 is 5.11 Å². The van der Waals surface area contributed by atoms with E-state index >= 15 is 0 Å². The smallest absolute Gasteiger partial charge is 0.175 e. The molecule has 2 rings (SSSR count). The van der Waals surface area contributed by atoms with Gasteiger partial charge in [-0.3, -0.25) is 0 Å². The number of hydrogen-bond donors (Lipinski definition) is 1. The maximum atomic E-state index is 11.3. The first-order chi connectivity index (χ1) is 8.45. The largest absolute Gasteiger partial charge is 0.393 e. The average Bonchev–Trinajstić information content (AvgIpc) is 2.32. The van der Waals surface area contributed by atoms with E-state index in [-0.39, 0.29) is 6.10 Å². The Hall–Kier alpha value is -0.870. The Morgan fingerprint density at radius 3 is 2.17 bits per heavy atom. The van der Waals surface area contributed by atoms with E-state index < -0.39 is 9.84 Å². The van der Waals surface area contributed by atoms with Crippen molar-refractivity contribution < 1.29 is 13.5 Å². The third-order valence-corrected chi connectivity index (χ3v) is 4.82. The molecule has 3 nitrogen and oxygen atoms in total. The Kier molecular flexibility index (Phi) is 4.07. The molecule has 1 aromatic carbocycles. The summed E-state index contributed by atoms with van der Waals surface area (Å²) in [5.74, 6) is 0.623. The van der Waals surface area contributed by atoms with Crippen LogP contribution in [-0.4, -0.2) is 25.9 Å². The molecule has 1 aliphatic carbocycles. The van der Waals surface area contributed by atoms with Gasteiger partial charge in [0.15, 0.2) is 9.84 Å². The molecule has 0 aromatic heterocycles. The predicted molar refractivity (Wildman–Crippen MR) is 71.2 cm³/mol. The summed E-state index contributed by atoms with van der Waals surface area (Å²) in [6.45, 7) is 0. The normalized spacial score (nSPS) is 25.0. The van der Waals surface area contributed by atoms with Gasteiger partial charge in [-0.1, -0.05) is 12.1 Å². The molecular formula is C14H20O3S. The molecule has 1 saturated carbocycles. The van der Waals surface area contributed by atoms with Gasteiger partial charge in [0.05, 0.1) is 11.0 Å². The van der Waals surface area contributed by atoms with Crippen LogP contribution in [0.4, 0.5) is 0 Å². The van der Waals surface area contributed by atoms with E-state index in [0.717, 1.165) is 32.1 Å². The van der Waals surface area contributed by atoms with Crippen LogP contribution in [0.5, 0.6) is 0 Å². The van der Waals surface area contributed by atoms with Crippen molar-refractivity contribution in [2.45, 2.75) is 43.1 Å². The molecule has 1 N–H and O–H groups in total. The fourth-order valence-electron chi connectivity index (χ4n) is 2.56. The van der Waals surface area contributed by atoms with Crippen molar-refractivity contribution in [2.24, 2.45) is 5.92 Å². The minimum atomic E-state index is -3.09. The van der Waals surface area contributed by atoms with Crippen molar-refractivity contribution in [1.82, 2.24) is 0 Å². The van der Waals surface area contributed by atoms with Gasteiger partial charge in [0.2, 0.25) is 0 Å². The van der Waals surface area contributed by atoms with Gasteiger partial charge in [0.1, 0.15) is 0 Å². The Labute approximate surface area is 109 Å². The van der Waals surface area contributed by atoms with Gasteiger partial charge >= 0.3 is 0 Å². The lowest BCUT2D eigenvalue weighted by Gasteiger charge is -2.25. The van der Waals surface area contributed by atoms with Crippen molar-refractivity contribution in [2.75, 3.05) is 6.26 Å². The number of rotatable bonds is 3. The highest BCUT2D eigenvalue weighted by Crippen LogP contribution is 2.27. The topological polar surface area (TPSA) is 54.4 Å². The second kappa shape index (κ2) is 5.41. The van der Waals surface area contributed by atoms with Crippen LogP contribution in [0.25, 0.3) is 0 Å². The van der Waals surface area contributed by atoms with Gasteiger partial charge in [-0.25, -0.2) is 8.42 Å². The molecule has 0 saturated heterocycles. The summed E-state index contributed by atoms with van der Waals surface area (Å²) in [5.41, 5.74) is 1.18. The van der Waals surface area contributed by atoms with E-state index in [4.69, 9.17) is 0 Å². The van der Waals surface area contributed by atoms with E-state index in [2.05, 4.69) is 0 Å². The second-order valence-electron chi connectivity index (χ2n) is 5.29. The van der Waals surface area contributed by atoms with Crippen LogP contribution < -0.4 is 0 Å². The van der Waals surface area contributed by atoms with E-state index in [1.807, 2.05) is 12.1 Å². The minimum Gasteiger partial charge on any atom is -0.393 e. The Morgan fingerprint density at radius 1 is 1.11 bits per heavy atom. The van der Waals surface area contributed by atoms with Crippen molar-refractivity contribution in [3.8, 4) is 0 Å². The van der Waals surface area contributed by atoms with E-state index in [9.17, 15) is 13.5 Å². The summed E-state index contributed by atoms with van der Waals surface area (Å²) in [6.07, 6.45) is 6.01. The molecule has 0 spiro atoms. The molecule has 0 aliphatic heterocycles. The fourth-order valence-corrected chi connectivity index (χ4v) is 3.19. The molecule has 100 valence electrons. The molecular weight excluding hydrogens is 248 g/mol. The number of aliphatic hydroxyl groups excluding tert-OH is 1. The van der Waals surface area contributed by atoms with Crippen LogP contribution in [0, 0.1) is 5.92 Å². The number of benzene rings is 1. The summed E-state index contributed by atoms with van der Waals surface area (Å²) in [4.78, 5) is 0.380. The molecule has 1 aliphatic rings. The molecule has 0 bridgehead atoms. The highest BCUT2D eigenvalue weighted by atomic mass is 32.2. The fraction of sp³-hybridized carbons (Fsp3) is 0.571. The molecule has 0 radical (unpaired) electrons. The number of sulfone groups is 1. The van der Waals surface area contributed by atoms with E-state index in [0.29, 0.717) is 10.8 Å². The summed E-state index contributed by atoms with van der Waals surface area (Å²) in [7, 11) is -3.09. The lowest BCUT2D eigenvalue weighted by molar-refractivity contribution is 0.109. The quantitative estimate of drug-likeness (QED) is 0.914. The van der Waals surface area contributed by atoms with E-state index in [1.54, 1.807) is 12.1 Å². The third-order valence-electron chi connectivity index (χ3n) is 3.69. The molecule has 0 heterocycles. The standard InChI is InChI=1S/C14H20O3S/c1-18(16,17)14-8-4-12(5-9-14)10-11-2-6-13(15)7-3-11/h4-5,8-9,11,13,15H,2-3,6-7,10H2,1H3. The van der Waals surface area contributed by atoms with Crippen molar-refractivity contribution in [3.63, 3.8) is 0 Å². The van der Waals surface area contributed by atoms with Crippen molar-refractivity contribution >= 4 is 9.84 Å². The molecule has 1 fully saturated rings. The summed E-state index contributed by atoms with van der Waals surface area (Å²) in [5, 5.41) is 9.45. The molecule has 0 atom stereocenters. The lowest BCUT2D eigenvalue weighted by Crippen LogP contribution is -2.19. The van der Waals surface area contributed by atoms with E-state index in [1.165, 1.54) is 11.8 Å². The number of aliphatic hydroxyl groups is 1. The van der Waals surface area contributed by atoms with Crippen LogP contribution in [0.1, 0.15) is 31.2 Å². The van der Waals surface area contributed by atoms with Gasteiger partial charge in [-0.15, -0.1) is 0 Å². The first-order valence-corrected chi connectivity index (χ1v) is 8.31. The van der Waals surface area contributed by atoms with Gasteiger partial charge in [-0.05, 0) is 55.7 Å². The van der Waals surface area contributed by atoms with Crippen LogP contribution in [0.15, 0.2) is 29.2 Å². The van der Waals surface area contributed by atoms with Crippen LogP contribution in [-0.2, 0) is 16.3 Å². The first-order valence-electron chi connectivity index (χ1n) is 6.42. The Bertz CT molecular complexity index is 482. The SMILES string of the molecule is CS(=O)(=O)c1ccc(CC2CCC(O)CC2)cc1. The van der Waals surface area contributed by atoms with Crippen molar-refractivity contribution in [3.05, 3.63) is 29.8 Å². The Balaban J connectivity index is 1.98. The lowest BCUT2D eigenvalue weighted by atomic mass is 9.83. The summed E-state index contributed by atoms with van der Waals surface area (Å²) < 4.78 is 22.7. The van der Waals surface area contributed by atoms with Gasteiger partial charge in [0, 0.05) is 6.26 Å². The van der Waals surface area contributed by atoms with Gasteiger partial charge in [-0.2, -0.15) is 0 Å². The van der Waals surface area contributed by atoms with Crippen LogP contribution in [0.3, 0.4) is 0 Å². The number of hydrogen-bond acceptors (Lipinski definition) is 3. The second-order valence-corrected chi connectivity index (χ2v) is 7.31. The van der Waals surface area contributed by atoms with Gasteiger partial charge in [0.25, 0.3) is 0 Å². The molecule has 18 heavy (non-hydrogen) atoms. The maximum Gasteiger partial charge on any atom is 0.175 e. The zero-order valence-corrected chi connectivity index (χ0v) is 11.5. The third kappa shape index (κ3) is 3.56. The monoisotopic (exact) mass is 268 g/mol. The van der Waals surface area contributed by atoms with Crippen molar-refractivity contribution in [1.29, 1.82) is 0 Å². The molecule has 0 amide bonds. The zero-order valence-electron chi connectivity index (χ0n) is 10.7. The minimum absolute atomic E-state index is 0.117. The summed E-state index contributed by atoms with van der Waals surface area (Å²) in [6, 6.07) is 7.17.